The van der Waals surface area contributed by atoms with Gasteiger partial charge >= 0.3 is 6.09 Å². The molecule has 0 spiro atoms. The number of nitrogens with one attached hydrogen (secondary N) is 1. The van der Waals surface area contributed by atoms with E-state index in [4.69, 9.17) is 4.74 Å². The Morgan fingerprint density at radius 3 is 2.39 bits per heavy atom. The zero-order chi connectivity index (χ0) is 16.3. The summed E-state index contributed by atoms with van der Waals surface area (Å²) >= 11 is 0. The summed E-state index contributed by atoms with van der Waals surface area (Å²) in [6, 6.07) is 16.8. The first-order chi connectivity index (χ1) is 11.3. The lowest BCUT2D eigenvalue weighted by molar-refractivity contribution is 0.159. The number of unbranched alkanes of at least 4 members (excludes halogenated alkanes) is 2. The van der Waals surface area contributed by atoms with Crippen LogP contribution in [0.1, 0.15) is 30.4 Å². The predicted octanol–water partition coefficient (Wildman–Crippen LogP) is 4.11. The minimum Gasteiger partial charge on any atom is -0.449 e. The van der Waals surface area contributed by atoms with Gasteiger partial charge in [-0.1, -0.05) is 30.3 Å². The topological polar surface area (TPSA) is 55.4 Å². The van der Waals surface area contributed by atoms with Crippen LogP contribution in [0, 0.1) is 0 Å². The molecule has 119 valence electrons. The maximum Gasteiger partial charge on any atom is 0.411 e. The highest BCUT2D eigenvalue weighted by Gasteiger charge is 2.03. The molecule has 4 heteroatoms. The maximum atomic E-state index is 11.6. The molecule has 0 heterocycles. The van der Waals surface area contributed by atoms with Crippen molar-refractivity contribution < 1.29 is 14.3 Å². The Labute approximate surface area is 136 Å². The second-order valence-corrected chi connectivity index (χ2v) is 5.24. The number of anilines is 1. The lowest BCUT2D eigenvalue weighted by atomic mass is 10.1. The highest BCUT2D eigenvalue weighted by molar-refractivity contribution is 5.85. The monoisotopic (exact) mass is 310 g/mol. The van der Waals surface area contributed by atoms with E-state index in [9.17, 15) is 9.59 Å². The number of carbonyl (C=O) groups excluding carboxylic acids is 2. The largest absolute Gasteiger partial charge is 0.449 e. The lowest BCUT2D eigenvalue weighted by Gasteiger charge is -2.07. The first kappa shape index (κ1) is 16.7. The van der Waals surface area contributed by atoms with E-state index in [-0.39, 0.29) is 0 Å². The molecule has 2 rings (SSSR count). The SMILES string of the molecule is O=[C]c1ccc(NC(=O)OCCCCCc2ccccc2)cc1. The average Bonchev–Trinajstić information content (AvgIpc) is 2.59. The van der Waals surface area contributed by atoms with Gasteiger partial charge in [-0.05, 0) is 55.5 Å². The van der Waals surface area contributed by atoms with Crippen molar-refractivity contribution in [1.29, 1.82) is 0 Å². The average molecular weight is 310 g/mol. The van der Waals surface area contributed by atoms with Crippen molar-refractivity contribution in [1.82, 2.24) is 0 Å². The van der Waals surface area contributed by atoms with Crippen LogP contribution in [0.5, 0.6) is 0 Å². The van der Waals surface area contributed by atoms with Gasteiger partial charge in [0.25, 0.3) is 0 Å². The molecule has 1 radical (unpaired) electrons. The number of amides is 1. The molecule has 0 aliphatic carbocycles. The van der Waals surface area contributed by atoms with Crippen molar-refractivity contribution in [2.75, 3.05) is 11.9 Å². The number of benzene rings is 2. The molecule has 0 bridgehead atoms. The molecular formula is C19H20NO3. The fraction of sp³-hybridized carbons (Fsp3) is 0.263. The highest BCUT2D eigenvalue weighted by atomic mass is 16.5. The molecule has 1 amide bonds. The van der Waals surface area contributed by atoms with E-state index in [1.165, 1.54) is 5.56 Å². The van der Waals surface area contributed by atoms with Gasteiger partial charge in [0, 0.05) is 11.3 Å². The molecule has 0 atom stereocenters. The highest BCUT2D eigenvalue weighted by Crippen LogP contribution is 2.09. The van der Waals surface area contributed by atoms with Crippen LogP contribution in [0.25, 0.3) is 0 Å². The molecule has 2 aromatic carbocycles. The third kappa shape index (κ3) is 6.34. The van der Waals surface area contributed by atoms with E-state index in [2.05, 4.69) is 17.4 Å². The summed E-state index contributed by atoms with van der Waals surface area (Å²) in [6.45, 7) is 0.404. The van der Waals surface area contributed by atoms with Gasteiger partial charge in [0.05, 0.1) is 6.61 Å². The van der Waals surface area contributed by atoms with Crippen molar-refractivity contribution >= 4 is 18.1 Å². The van der Waals surface area contributed by atoms with Crippen LogP contribution < -0.4 is 5.32 Å². The third-order valence-corrected chi connectivity index (χ3v) is 3.43. The van der Waals surface area contributed by atoms with E-state index in [0.29, 0.717) is 17.9 Å². The standard InChI is InChI=1S/C19H20NO3/c21-15-17-10-12-18(13-11-17)20-19(22)23-14-6-2-5-9-16-7-3-1-4-8-16/h1,3-4,7-8,10-13H,2,5-6,9,14H2,(H,20,22). The van der Waals surface area contributed by atoms with Gasteiger partial charge in [-0.15, -0.1) is 0 Å². The van der Waals surface area contributed by atoms with Crippen LogP contribution in [-0.4, -0.2) is 19.0 Å². The van der Waals surface area contributed by atoms with Gasteiger partial charge in [-0.3, -0.25) is 10.1 Å². The molecule has 23 heavy (non-hydrogen) atoms. The number of hydrogen-bond donors (Lipinski definition) is 1. The maximum absolute atomic E-state index is 11.6. The Morgan fingerprint density at radius 2 is 1.70 bits per heavy atom. The van der Waals surface area contributed by atoms with Gasteiger partial charge < -0.3 is 4.74 Å². The zero-order valence-electron chi connectivity index (χ0n) is 13.0. The van der Waals surface area contributed by atoms with Gasteiger partial charge in [0.2, 0.25) is 6.29 Å². The van der Waals surface area contributed by atoms with Crippen LogP contribution in [0.2, 0.25) is 0 Å². The number of ether oxygens (including phenoxy) is 1. The molecule has 2 aromatic rings. The second-order valence-electron chi connectivity index (χ2n) is 5.24. The fourth-order valence-electron chi connectivity index (χ4n) is 2.19. The van der Waals surface area contributed by atoms with Crippen LogP contribution in [0.4, 0.5) is 10.5 Å². The van der Waals surface area contributed by atoms with Crippen molar-refractivity contribution in [2.24, 2.45) is 0 Å². The molecule has 0 aliphatic rings. The Hall–Kier alpha value is -2.62. The number of carbonyl (C=O) groups is 1. The van der Waals surface area contributed by atoms with E-state index in [0.717, 1.165) is 25.7 Å². The molecule has 0 fully saturated rings. The van der Waals surface area contributed by atoms with Gasteiger partial charge in [-0.2, -0.15) is 0 Å². The quantitative estimate of drug-likeness (QED) is 0.747. The Kier molecular flexibility index (Phi) is 6.85. The first-order valence-corrected chi connectivity index (χ1v) is 7.74. The van der Waals surface area contributed by atoms with Crippen molar-refractivity contribution in [3.8, 4) is 0 Å². The lowest BCUT2D eigenvalue weighted by Crippen LogP contribution is -2.14. The smallest absolute Gasteiger partial charge is 0.411 e. The van der Waals surface area contributed by atoms with Crippen LogP contribution >= 0.6 is 0 Å². The van der Waals surface area contributed by atoms with Crippen LogP contribution in [-0.2, 0) is 16.0 Å². The van der Waals surface area contributed by atoms with E-state index in [1.807, 2.05) is 18.2 Å². The minimum absolute atomic E-state index is 0.404. The second kappa shape index (κ2) is 9.41. The Balaban J connectivity index is 1.56. The van der Waals surface area contributed by atoms with Crippen LogP contribution in [0.15, 0.2) is 54.6 Å². The van der Waals surface area contributed by atoms with Gasteiger partial charge in [-0.25, -0.2) is 4.79 Å². The van der Waals surface area contributed by atoms with Crippen molar-refractivity contribution in [2.45, 2.75) is 25.7 Å². The summed E-state index contributed by atoms with van der Waals surface area (Å²) in [4.78, 5) is 22.0. The summed E-state index contributed by atoms with van der Waals surface area (Å²) < 4.78 is 5.13. The summed E-state index contributed by atoms with van der Waals surface area (Å²) in [5.41, 5.74) is 2.38. The summed E-state index contributed by atoms with van der Waals surface area (Å²) in [5.74, 6) is 0. The van der Waals surface area contributed by atoms with E-state index in [1.54, 1.807) is 30.6 Å². The molecule has 0 saturated carbocycles. The zero-order valence-corrected chi connectivity index (χ0v) is 13.0. The van der Waals surface area contributed by atoms with Crippen LogP contribution in [0.3, 0.4) is 0 Å². The van der Waals surface area contributed by atoms with Crippen molar-refractivity contribution in [3.63, 3.8) is 0 Å². The Bertz CT molecular complexity index is 608. The molecule has 0 aliphatic heterocycles. The predicted molar refractivity (Wildman–Crippen MR) is 90.2 cm³/mol. The minimum atomic E-state index is -0.476. The summed E-state index contributed by atoms with van der Waals surface area (Å²) in [5, 5.41) is 2.62. The molecule has 0 aromatic heterocycles. The Morgan fingerprint density at radius 1 is 0.957 bits per heavy atom. The van der Waals surface area contributed by atoms with Crippen molar-refractivity contribution in [3.05, 3.63) is 65.7 Å². The van der Waals surface area contributed by atoms with Gasteiger partial charge in [0.15, 0.2) is 0 Å². The van der Waals surface area contributed by atoms with Gasteiger partial charge in [0.1, 0.15) is 0 Å². The number of hydrogen-bond acceptors (Lipinski definition) is 3. The van der Waals surface area contributed by atoms with E-state index >= 15 is 0 Å². The molecule has 1 N–H and O–H groups in total. The molecule has 0 saturated heterocycles. The molecule has 0 unspecified atom stereocenters. The first-order valence-electron chi connectivity index (χ1n) is 7.74. The summed E-state index contributed by atoms with van der Waals surface area (Å²) in [6.07, 6.45) is 5.30. The third-order valence-electron chi connectivity index (χ3n) is 3.43. The van der Waals surface area contributed by atoms with E-state index < -0.39 is 6.09 Å². The number of aryl methyl sites for hydroxylation is 1. The molecular weight excluding hydrogens is 290 g/mol. The fourth-order valence-corrected chi connectivity index (χ4v) is 2.19. The summed E-state index contributed by atoms with van der Waals surface area (Å²) in [7, 11) is 0. The number of rotatable bonds is 8. The molecule has 4 nitrogen and oxygen atoms in total. The normalized spacial score (nSPS) is 10.1.